The van der Waals surface area contributed by atoms with E-state index in [0.29, 0.717) is 12.0 Å². The number of phenolic OH excluding ortho intramolecular Hbond substituents is 1. The molecule has 0 fully saturated rings. The zero-order valence-corrected chi connectivity index (χ0v) is 17.3. The van der Waals surface area contributed by atoms with Gasteiger partial charge in [-0.15, -0.1) is 0 Å². The Bertz CT molecular complexity index is 1290. The Labute approximate surface area is 175 Å². The molecule has 0 saturated heterocycles. The molecule has 0 atom stereocenters. The summed E-state index contributed by atoms with van der Waals surface area (Å²) in [6.07, 6.45) is 1.22. The number of nitrogens with zero attached hydrogens (tertiary/aromatic N) is 3. The van der Waals surface area contributed by atoms with Gasteiger partial charge in [-0.25, -0.2) is 9.67 Å². The molecule has 0 spiro atoms. The molecule has 30 heavy (non-hydrogen) atoms. The minimum atomic E-state index is -0.135. The second-order valence-corrected chi connectivity index (χ2v) is 8.83. The van der Waals surface area contributed by atoms with E-state index in [1.165, 1.54) is 0 Å². The van der Waals surface area contributed by atoms with E-state index in [4.69, 9.17) is 10.1 Å². The lowest BCUT2D eigenvalue weighted by atomic mass is 9.73. The number of phenols is 1. The van der Waals surface area contributed by atoms with Crippen molar-refractivity contribution in [1.29, 1.82) is 0 Å². The fourth-order valence-corrected chi connectivity index (χ4v) is 4.50. The molecule has 150 valence electrons. The molecule has 1 aliphatic rings. The highest BCUT2D eigenvalue weighted by atomic mass is 16.3. The van der Waals surface area contributed by atoms with E-state index in [0.717, 1.165) is 45.7 Å². The lowest BCUT2D eigenvalue weighted by molar-refractivity contribution is 0.0911. The Morgan fingerprint density at radius 1 is 0.967 bits per heavy atom. The van der Waals surface area contributed by atoms with Crippen LogP contribution in [0.3, 0.4) is 0 Å². The summed E-state index contributed by atoms with van der Waals surface area (Å²) in [7, 11) is 0. The van der Waals surface area contributed by atoms with Gasteiger partial charge in [0.15, 0.2) is 11.4 Å². The monoisotopic (exact) mass is 397 g/mol. The third-order valence-corrected chi connectivity index (χ3v) is 5.79. The van der Waals surface area contributed by atoms with Crippen LogP contribution in [0.25, 0.3) is 27.8 Å². The molecular weight excluding hydrogens is 374 g/mol. The highest BCUT2D eigenvalue weighted by molar-refractivity contribution is 6.11. The number of carbonyl (C=O) groups excluding carboxylic acids is 1. The number of pyridine rings is 1. The Kier molecular flexibility index (Phi) is 4.03. The molecular formula is C25H23N3O2. The van der Waals surface area contributed by atoms with Gasteiger partial charge >= 0.3 is 0 Å². The number of ketones is 1. The summed E-state index contributed by atoms with van der Waals surface area (Å²) in [4.78, 5) is 18.3. The molecule has 0 radical (unpaired) electrons. The topological polar surface area (TPSA) is 68.0 Å². The zero-order valence-electron chi connectivity index (χ0n) is 17.3. The quantitative estimate of drug-likeness (QED) is 0.501. The van der Waals surface area contributed by atoms with Gasteiger partial charge < -0.3 is 5.11 Å². The Hall–Kier alpha value is -3.47. The van der Waals surface area contributed by atoms with E-state index in [2.05, 4.69) is 13.8 Å². The summed E-state index contributed by atoms with van der Waals surface area (Å²) < 4.78 is 1.86. The second kappa shape index (κ2) is 6.52. The van der Waals surface area contributed by atoms with E-state index >= 15 is 0 Å². The largest absolute Gasteiger partial charge is 0.508 e. The van der Waals surface area contributed by atoms with Gasteiger partial charge in [-0.05, 0) is 48.6 Å². The Morgan fingerprint density at radius 3 is 2.37 bits per heavy atom. The van der Waals surface area contributed by atoms with Crippen LogP contribution in [-0.2, 0) is 6.42 Å². The number of aromatic hydroxyl groups is 1. The molecule has 2 heterocycles. The van der Waals surface area contributed by atoms with E-state index < -0.39 is 0 Å². The third kappa shape index (κ3) is 2.89. The van der Waals surface area contributed by atoms with Crippen LogP contribution in [-0.4, -0.2) is 25.7 Å². The van der Waals surface area contributed by atoms with Gasteiger partial charge in [0, 0.05) is 17.5 Å². The maximum atomic E-state index is 13.3. The lowest BCUT2D eigenvalue weighted by Gasteiger charge is -2.31. The van der Waals surface area contributed by atoms with Gasteiger partial charge in [0.05, 0.1) is 22.5 Å². The standard InChI is InChI=1S/C25H23N3O2/c1-15-21-22(16-9-11-18(29)12-10-16)23-19(13-25(2,3)14-20(23)30)26-24(21)28(27-15)17-7-5-4-6-8-17/h4-12,29H,13-14H2,1-3H3. The molecule has 1 N–H and O–H groups in total. The molecule has 0 aliphatic heterocycles. The van der Waals surface area contributed by atoms with E-state index in [1.54, 1.807) is 12.1 Å². The van der Waals surface area contributed by atoms with Crippen LogP contribution in [0.4, 0.5) is 0 Å². The van der Waals surface area contributed by atoms with Crippen LogP contribution in [0.1, 0.15) is 42.0 Å². The first-order chi connectivity index (χ1) is 14.3. The van der Waals surface area contributed by atoms with Gasteiger partial charge in [-0.2, -0.15) is 5.10 Å². The van der Waals surface area contributed by atoms with Gasteiger partial charge in [-0.1, -0.05) is 44.2 Å². The summed E-state index contributed by atoms with van der Waals surface area (Å²) in [5, 5.41) is 15.5. The summed E-state index contributed by atoms with van der Waals surface area (Å²) in [6.45, 7) is 6.18. The second-order valence-electron chi connectivity index (χ2n) is 8.83. The molecule has 4 aromatic rings. The van der Waals surface area contributed by atoms with Crippen molar-refractivity contribution in [3.8, 4) is 22.6 Å². The van der Waals surface area contributed by atoms with Gasteiger partial charge in [-0.3, -0.25) is 4.79 Å². The number of benzene rings is 2. The minimum absolute atomic E-state index is 0.116. The molecule has 2 aromatic carbocycles. The molecule has 0 saturated carbocycles. The Morgan fingerprint density at radius 2 is 1.67 bits per heavy atom. The highest BCUT2D eigenvalue weighted by Crippen LogP contribution is 2.42. The number of aromatic nitrogens is 3. The number of fused-ring (bicyclic) bond motifs is 2. The van der Waals surface area contributed by atoms with Crippen LogP contribution >= 0.6 is 0 Å². The van der Waals surface area contributed by atoms with Crippen molar-refractivity contribution in [1.82, 2.24) is 14.8 Å². The molecule has 0 unspecified atom stereocenters. The van der Waals surface area contributed by atoms with E-state index in [-0.39, 0.29) is 16.9 Å². The van der Waals surface area contributed by atoms with Crippen LogP contribution in [0.15, 0.2) is 54.6 Å². The van der Waals surface area contributed by atoms with Crippen molar-refractivity contribution in [3.05, 3.63) is 71.5 Å². The van der Waals surface area contributed by atoms with Crippen molar-refractivity contribution in [2.75, 3.05) is 0 Å². The van der Waals surface area contributed by atoms with Crippen LogP contribution in [0.2, 0.25) is 0 Å². The summed E-state index contributed by atoms with van der Waals surface area (Å²) >= 11 is 0. The minimum Gasteiger partial charge on any atom is -0.508 e. The molecule has 0 amide bonds. The molecule has 5 heteroatoms. The number of rotatable bonds is 2. The number of hydrogen-bond acceptors (Lipinski definition) is 4. The molecule has 5 nitrogen and oxygen atoms in total. The SMILES string of the molecule is Cc1nn(-c2ccccc2)c2nc3c(c(-c4ccc(O)cc4)c12)C(=O)CC(C)(C)C3. The molecule has 0 bridgehead atoms. The van der Waals surface area contributed by atoms with Crippen LogP contribution in [0.5, 0.6) is 5.75 Å². The van der Waals surface area contributed by atoms with Gasteiger partial charge in [0.2, 0.25) is 0 Å². The van der Waals surface area contributed by atoms with Crippen molar-refractivity contribution in [2.24, 2.45) is 5.41 Å². The van der Waals surface area contributed by atoms with Crippen molar-refractivity contribution in [3.63, 3.8) is 0 Å². The number of aryl methyl sites for hydroxylation is 1. The number of hydrogen-bond donors (Lipinski definition) is 1. The predicted molar refractivity (Wildman–Crippen MR) is 117 cm³/mol. The van der Waals surface area contributed by atoms with Crippen molar-refractivity contribution >= 4 is 16.8 Å². The van der Waals surface area contributed by atoms with Crippen LogP contribution < -0.4 is 0 Å². The first kappa shape index (κ1) is 18.6. The predicted octanol–water partition coefficient (Wildman–Crippen LogP) is 5.26. The summed E-state index contributed by atoms with van der Waals surface area (Å²) in [5.74, 6) is 0.313. The lowest BCUT2D eigenvalue weighted by Crippen LogP contribution is -2.28. The first-order valence-corrected chi connectivity index (χ1v) is 10.1. The fraction of sp³-hybridized carbons (Fsp3) is 0.240. The zero-order chi connectivity index (χ0) is 21.0. The fourth-order valence-electron chi connectivity index (χ4n) is 4.50. The molecule has 2 aromatic heterocycles. The average molecular weight is 397 g/mol. The smallest absolute Gasteiger partial charge is 0.165 e. The van der Waals surface area contributed by atoms with Crippen LogP contribution in [0, 0.1) is 12.3 Å². The number of para-hydroxylation sites is 1. The molecule has 5 rings (SSSR count). The van der Waals surface area contributed by atoms with E-state index in [9.17, 15) is 9.90 Å². The summed E-state index contributed by atoms with van der Waals surface area (Å²) in [6, 6.07) is 17.0. The molecule has 1 aliphatic carbocycles. The highest BCUT2D eigenvalue weighted by Gasteiger charge is 2.36. The van der Waals surface area contributed by atoms with Crippen molar-refractivity contribution in [2.45, 2.75) is 33.6 Å². The average Bonchev–Trinajstić information content (AvgIpc) is 3.03. The Balaban J connectivity index is 1.90. The maximum Gasteiger partial charge on any atom is 0.165 e. The number of Topliss-reactive ketones (excluding diaryl/α,β-unsaturated/α-hetero) is 1. The van der Waals surface area contributed by atoms with E-state index in [1.807, 2.05) is 54.1 Å². The van der Waals surface area contributed by atoms with Crippen molar-refractivity contribution < 1.29 is 9.90 Å². The normalized spacial score (nSPS) is 15.4. The maximum absolute atomic E-state index is 13.3. The summed E-state index contributed by atoms with van der Waals surface area (Å²) in [5.41, 5.74) is 5.66. The first-order valence-electron chi connectivity index (χ1n) is 10.1. The third-order valence-electron chi connectivity index (χ3n) is 5.79. The number of carbonyl (C=O) groups is 1. The van der Waals surface area contributed by atoms with Gasteiger partial charge in [0.25, 0.3) is 0 Å². The van der Waals surface area contributed by atoms with Gasteiger partial charge in [0.1, 0.15) is 5.75 Å².